The summed E-state index contributed by atoms with van der Waals surface area (Å²) in [6.07, 6.45) is 5.41. The fourth-order valence-electron chi connectivity index (χ4n) is 2.76. The summed E-state index contributed by atoms with van der Waals surface area (Å²) in [6.45, 7) is 2.14. The van der Waals surface area contributed by atoms with Crippen molar-refractivity contribution in [1.82, 2.24) is 4.90 Å². The second kappa shape index (κ2) is 11.3. The summed E-state index contributed by atoms with van der Waals surface area (Å²) < 4.78 is 14.2. The van der Waals surface area contributed by atoms with E-state index in [4.69, 9.17) is 33.4 Å². The van der Waals surface area contributed by atoms with Crippen LogP contribution in [0.4, 0.5) is 4.39 Å². The molecule has 1 saturated heterocycles. The first kappa shape index (κ1) is 24.1. The van der Waals surface area contributed by atoms with Gasteiger partial charge in [-0.05, 0) is 43.7 Å². The number of benzene rings is 1. The number of halogens is 3. The van der Waals surface area contributed by atoms with Crippen molar-refractivity contribution >= 4 is 52.6 Å². The third kappa shape index (κ3) is 7.57. The number of carboxylic acid groups (broad SMARTS) is 2. The quantitative estimate of drug-likeness (QED) is 0.560. The van der Waals surface area contributed by atoms with Crippen molar-refractivity contribution in [1.29, 1.82) is 0 Å². The molecular formula is C21H20Cl2FNO4S. The maximum Gasteiger partial charge on any atom is 0.328 e. The number of carboxylic acids is 2. The molecule has 0 bridgehead atoms. The van der Waals surface area contributed by atoms with Gasteiger partial charge in [0.25, 0.3) is 0 Å². The molecule has 3 rings (SSSR count). The lowest BCUT2D eigenvalue weighted by atomic mass is 9.98. The normalized spacial score (nSPS) is 14.3. The third-order valence-corrected chi connectivity index (χ3v) is 6.18. The molecule has 2 aromatic rings. The van der Waals surface area contributed by atoms with Crippen LogP contribution in [0.1, 0.15) is 18.4 Å². The van der Waals surface area contributed by atoms with Crippen molar-refractivity contribution in [3.63, 3.8) is 0 Å². The summed E-state index contributed by atoms with van der Waals surface area (Å²) in [4.78, 5) is 22.3. The van der Waals surface area contributed by atoms with E-state index in [1.54, 1.807) is 12.1 Å². The molecule has 9 heteroatoms. The topological polar surface area (TPSA) is 77.8 Å². The number of hydrogen-bond donors (Lipinski definition) is 2. The van der Waals surface area contributed by atoms with E-state index < -0.39 is 11.9 Å². The Morgan fingerprint density at radius 2 is 1.70 bits per heavy atom. The van der Waals surface area contributed by atoms with E-state index in [0.29, 0.717) is 21.5 Å². The zero-order valence-electron chi connectivity index (χ0n) is 16.1. The predicted octanol–water partition coefficient (Wildman–Crippen LogP) is 5.68. The number of piperidine rings is 1. The van der Waals surface area contributed by atoms with Crippen molar-refractivity contribution in [2.75, 3.05) is 20.1 Å². The average Bonchev–Trinajstić information content (AvgIpc) is 3.02. The number of rotatable bonds is 4. The molecule has 5 nitrogen and oxygen atoms in total. The highest BCUT2D eigenvalue weighted by Gasteiger charge is 2.14. The predicted molar refractivity (Wildman–Crippen MR) is 119 cm³/mol. The molecule has 30 heavy (non-hydrogen) atoms. The molecule has 1 aliphatic heterocycles. The van der Waals surface area contributed by atoms with E-state index in [1.807, 2.05) is 6.07 Å². The van der Waals surface area contributed by atoms with Crippen molar-refractivity contribution in [3.8, 4) is 10.4 Å². The lowest BCUT2D eigenvalue weighted by Crippen LogP contribution is -2.26. The van der Waals surface area contributed by atoms with Crippen molar-refractivity contribution < 1.29 is 24.2 Å². The van der Waals surface area contributed by atoms with Gasteiger partial charge in [-0.1, -0.05) is 40.9 Å². The first-order valence-electron chi connectivity index (χ1n) is 8.92. The number of nitrogens with zero attached hydrogens (tertiary/aromatic N) is 1. The number of likely N-dealkylation sites (tertiary alicyclic amines) is 1. The van der Waals surface area contributed by atoms with Crippen molar-refractivity contribution in [2.45, 2.75) is 12.8 Å². The van der Waals surface area contributed by atoms with Crippen LogP contribution in [-0.4, -0.2) is 47.2 Å². The Labute approximate surface area is 187 Å². The van der Waals surface area contributed by atoms with Crippen LogP contribution < -0.4 is 0 Å². The molecule has 0 aliphatic carbocycles. The van der Waals surface area contributed by atoms with Gasteiger partial charge in [0.2, 0.25) is 0 Å². The molecule has 2 N–H and O–H groups in total. The molecule has 0 atom stereocenters. The number of aliphatic carboxylic acids is 2. The summed E-state index contributed by atoms with van der Waals surface area (Å²) >= 11 is 13.5. The minimum Gasteiger partial charge on any atom is -0.478 e. The van der Waals surface area contributed by atoms with Gasteiger partial charge in [-0.15, -0.1) is 11.3 Å². The fraction of sp³-hybridized carbons (Fsp3) is 0.238. The molecule has 2 heterocycles. The van der Waals surface area contributed by atoms with Gasteiger partial charge in [-0.25, -0.2) is 14.0 Å². The summed E-state index contributed by atoms with van der Waals surface area (Å²) in [7, 11) is 2.13. The van der Waals surface area contributed by atoms with Crippen LogP contribution in [0.15, 0.2) is 42.0 Å². The van der Waals surface area contributed by atoms with E-state index in [1.165, 1.54) is 23.0 Å². The van der Waals surface area contributed by atoms with Gasteiger partial charge in [-0.2, -0.15) is 0 Å². The molecular weight excluding hydrogens is 452 g/mol. The monoisotopic (exact) mass is 471 g/mol. The maximum atomic E-state index is 13.7. The molecule has 0 amide bonds. The summed E-state index contributed by atoms with van der Waals surface area (Å²) in [5.41, 5.74) is 3.28. The highest BCUT2D eigenvalue weighted by molar-refractivity contribution is 7.20. The molecule has 0 saturated carbocycles. The van der Waals surface area contributed by atoms with Crippen LogP contribution in [-0.2, 0) is 9.59 Å². The van der Waals surface area contributed by atoms with Gasteiger partial charge in [0.1, 0.15) is 10.2 Å². The summed E-state index contributed by atoms with van der Waals surface area (Å²) in [5.74, 6) is -2.76. The second-order valence-corrected chi connectivity index (χ2v) is 8.64. The van der Waals surface area contributed by atoms with Crippen LogP contribution in [0, 0.1) is 5.82 Å². The Bertz CT molecular complexity index is 942. The van der Waals surface area contributed by atoms with Crippen LogP contribution >= 0.6 is 34.5 Å². The number of carbonyl (C=O) groups is 2. The number of thiophene rings is 1. The SMILES string of the molecule is CN1CCC(=Cc2ccc(F)cc2-c2cc(Cl)c(Cl)s2)CC1.O=C(O)/C=C/C(=O)O. The van der Waals surface area contributed by atoms with Crippen LogP contribution in [0.25, 0.3) is 16.5 Å². The molecule has 0 spiro atoms. The minimum atomic E-state index is -1.26. The lowest BCUT2D eigenvalue weighted by molar-refractivity contribution is -0.134. The van der Waals surface area contributed by atoms with Crippen LogP contribution in [0.2, 0.25) is 9.36 Å². The Morgan fingerprint density at radius 3 is 2.20 bits per heavy atom. The van der Waals surface area contributed by atoms with Gasteiger partial charge in [0.15, 0.2) is 0 Å². The Morgan fingerprint density at radius 1 is 1.10 bits per heavy atom. The van der Waals surface area contributed by atoms with Gasteiger partial charge in [0.05, 0.1) is 5.02 Å². The van der Waals surface area contributed by atoms with E-state index in [9.17, 15) is 14.0 Å². The second-order valence-electron chi connectivity index (χ2n) is 6.58. The standard InChI is InChI=1S/C17H16Cl2FNS.C4H4O4/c1-21-6-4-11(5-7-21)8-12-2-3-13(20)9-14(12)16-10-15(18)17(19)22-16;5-3(6)1-2-4(7)8/h2-3,8-10H,4-7H2,1H3;1-2H,(H,5,6)(H,7,8)/b;2-1+. The zero-order chi connectivity index (χ0) is 22.3. The van der Waals surface area contributed by atoms with Crippen molar-refractivity contribution in [2.24, 2.45) is 0 Å². The molecule has 0 unspecified atom stereocenters. The molecule has 1 fully saturated rings. The summed E-state index contributed by atoms with van der Waals surface area (Å²) in [6, 6.07) is 6.69. The van der Waals surface area contributed by atoms with E-state index in [-0.39, 0.29) is 5.82 Å². The molecule has 0 radical (unpaired) electrons. The smallest absolute Gasteiger partial charge is 0.328 e. The Balaban J connectivity index is 0.000000343. The first-order valence-corrected chi connectivity index (χ1v) is 10.5. The van der Waals surface area contributed by atoms with Gasteiger partial charge in [0, 0.05) is 35.7 Å². The fourth-order valence-corrected chi connectivity index (χ4v) is 4.17. The highest BCUT2D eigenvalue weighted by atomic mass is 35.5. The maximum absolute atomic E-state index is 13.7. The first-order chi connectivity index (χ1) is 14.2. The largest absolute Gasteiger partial charge is 0.478 e. The zero-order valence-corrected chi connectivity index (χ0v) is 18.4. The average molecular weight is 472 g/mol. The van der Waals surface area contributed by atoms with Gasteiger partial charge < -0.3 is 15.1 Å². The van der Waals surface area contributed by atoms with Crippen LogP contribution in [0.5, 0.6) is 0 Å². The third-order valence-electron chi connectivity index (χ3n) is 4.28. The van der Waals surface area contributed by atoms with E-state index in [0.717, 1.165) is 41.9 Å². The van der Waals surface area contributed by atoms with Crippen molar-refractivity contribution in [3.05, 3.63) is 62.7 Å². The van der Waals surface area contributed by atoms with Crippen LogP contribution in [0.3, 0.4) is 0 Å². The molecule has 1 aliphatic rings. The lowest BCUT2D eigenvalue weighted by Gasteiger charge is -2.24. The van der Waals surface area contributed by atoms with Gasteiger partial charge >= 0.3 is 11.9 Å². The van der Waals surface area contributed by atoms with Gasteiger partial charge in [-0.3, -0.25) is 0 Å². The van der Waals surface area contributed by atoms with E-state index >= 15 is 0 Å². The van der Waals surface area contributed by atoms with E-state index in [2.05, 4.69) is 18.0 Å². The Hall–Kier alpha value is -2.19. The number of hydrogen-bond acceptors (Lipinski definition) is 4. The summed E-state index contributed by atoms with van der Waals surface area (Å²) in [5, 5.41) is 16.1. The molecule has 1 aromatic heterocycles. The Kier molecular flexibility index (Phi) is 9.05. The molecule has 1 aromatic carbocycles. The minimum absolute atomic E-state index is 0.249. The highest BCUT2D eigenvalue weighted by Crippen LogP contribution is 2.40. The molecule has 160 valence electrons.